The standard InChI is InChI=1S/C17H20FNO3/c1-16(2,18)12-9-13(15-14(10-12)21-7-8-22-15)17(19-11-20)5-3-4-6-17/h9-10H,3-8H2,1-2H3. The Morgan fingerprint density at radius 2 is 1.91 bits per heavy atom. The molecule has 0 bridgehead atoms. The van der Waals surface area contributed by atoms with Crippen LogP contribution in [0.25, 0.3) is 0 Å². The molecule has 0 radical (unpaired) electrons. The average molecular weight is 305 g/mol. The van der Waals surface area contributed by atoms with E-state index in [2.05, 4.69) is 4.99 Å². The minimum Gasteiger partial charge on any atom is -0.486 e. The summed E-state index contributed by atoms with van der Waals surface area (Å²) >= 11 is 0. The molecule has 5 heteroatoms. The van der Waals surface area contributed by atoms with E-state index in [0.717, 1.165) is 31.2 Å². The molecule has 22 heavy (non-hydrogen) atoms. The molecule has 1 aliphatic carbocycles. The lowest BCUT2D eigenvalue weighted by atomic mass is 9.84. The van der Waals surface area contributed by atoms with Crippen LogP contribution in [0.5, 0.6) is 11.5 Å². The molecule has 0 N–H and O–H groups in total. The number of rotatable bonds is 3. The van der Waals surface area contributed by atoms with Crippen molar-refractivity contribution in [1.29, 1.82) is 0 Å². The van der Waals surface area contributed by atoms with Crippen molar-refractivity contribution in [2.24, 2.45) is 4.99 Å². The van der Waals surface area contributed by atoms with Gasteiger partial charge in [-0.25, -0.2) is 9.18 Å². The lowest BCUT2D eigenvalue weighted by Gasteiger charge is -2.31. The highest BCUT2D eigenvalue weighted by Crippen LogP contribution is 2.50. The summed E-state index contributed by atoms with van der Waals surface area (Å²) in [5.41, 5.74) is -0.895. The Balaban J connectivity index is 2.22. The number of hydrogen-bond donors (Lipinski definition) is 0. The zero-order valence-corrected chi connectivity index (χ0v) is 12.9. The molecule has 1 saturated carbocycles. The maximum absolute atomic E-state index is 14.5. The Bertz CT molecular complexity index is 624. The summed E-state index contributed by atoms with van der Waals surface area (Å²) in [7, 11) is 0. The molecular formula is C17H20FNO3. The predicted molar refractivity (Wildman–Crippen MR) is 79.8 cm³/mol. The van der Waals surface area contributed by atoms with E-state index in [9.17, 15) is 9.18 Å². The zero-order valence-electron chi connectivity index (χ0n) is 12.9. The monoisotopic (exact) mass is 305 g/mol. The van der Waals surface area contributed by atoms with Gasteiger partial charge in [0.2, 0.25) is 6.08 Å². The highest BCUT2D eigenvalue weighted by Gasteiger charge is 2.41. The first-order chi connectivity index (χ1) is 10.5. The van der Waals surface area contributed by atoms with Gasteiger partial charge in [-0.3, -0.25) is 0 Å². The van der Waals surface area contributed by atoms with Gasteiger partial charge in [0.25, 0.3) is 0 Å². The second-order valence-corrected chi connectivity index (χ2v) is 6.46. The van der Waals surface area contributed by atoms with E-state index in [0.29, 0.717) is 30.3 Å². The number of hydrogen-bond acceptors (Lipinski definition) is 4. The van der Waals surface area contributed by atoms with Crippen LogP contribution < -0.4 is 9.47 Å². The summed E-state index contributed by atoms with van der Waals surface area (Å²) in [6, 6.07) is 3.46. The number of nitrogens with zero attached hydrogens (tertiary/aromatic N) is 1. The third kappa shape index (κ3) is 2.50. The molecule has 0 saturated heterocycles. The Labute approximate surface area is 129 Å². The van der Waals surface area contributed by atoms with Crippen LogP contribution in [0.1, 0.15) is 50.7 Å². The first kappa shape index (κ1) is 15.0. The van der Waals surface area contributed by atoms with Crippen LogP contribution in [0.15, 0.2) is 17.1 Å². The van der Waals surface area contributed by atoms with Crippen LogP contribution in [0.4, 0.5) is 4.39 Å². The van der Waals surface area contributed by atoms with E-state index in [1.807, 2.05) is 0 Å². The molecule has 0 amide bonds. The van der Waals surface area contributed by atoms with Crippen LogP contribution in [0.2, 0.25) is 0 Å². The van der Waals surface area contributed by atoms with Crippen molar-refractivity contribution >= 4 is 6.08 Å². The Kier molecular flexibility index (Phi) is 3.69. The zero-order chi connectivity index (χ0) is 15.8. The molecule has 1 fully saturated rings. The SMILES string of the molecule is CC(C)(F)c1cc2c(c(C3(N=C=O)CCCC3)c1)OCCO2. The fourth-order valence-electron chi connectivity index (χ4n) is 3.33. The molecule has 3 rings (SSSR count). The van der Waals surface area contributed by atoms with Crippen molar-refractivity contribution in [3.63, 3.8) is 0 Å². The number of benzene rings is 1. The molecule has 4 nitrogen and oxygen atoms in total. The van der Waals surface area contributed by atoms with Gasteiger partial charge in [-0.05, 0) is 44.4 Å². The van der Waals surface area contributed by atoms with Crippen LogP contribution in [-0.4, -0.2) is 19.3 Å². The fraction of sp³-hybridized carbons (Fsp3) is 0.588. The lowest BCUT2D eigenvalue weighted by molar-refractivity contribution is 0.164. The summed E-state index contributed by atoms with van der Waals surface area (Å²) in [6.45, 7) is 3.89. The Morgan fingerprint density at radius 1 is 1.23 bits per heavy atom. The van der Waals surface area contributed by atoms with Crippen molar-refractivity contribution in [3.05, 3.63) is 23.3 Å². The Hall–Kier alpha value is -1.87. The van der Waals surface area contributed by atoms with Crippen molar-refractivity contribution in [2.75, 3.05) is 13.2 Å². The lowest BCUT2D eigenvalue weighted by Crippen LogP contribution is -2.25. The van der Waals surface area contributed by atoms with E-state index < -0.39 is 11.2 Å². The third-order valence-electron chi connectivity index (χ3n) is 4.52. The molecule has 0 aromatic heterocycles. The number of aliphatic imine (C=N–C) groups is 1. The van der Waals surface area contributed by atoms with Crippen molar-refractivity contribution < 1.29 is 18.7 Å². The number of carbonyl (C=O) groups excluding carboxylic acids is 1. The minimum atomic E-state index is -1.50. The number of halogens is 1. The van der Waals surface area contributed by atoms with Crippen LogP contribution >= 0.6 is 0 Å². The minimum absolute atomic E-state index is 0.437. The fourth-order valence-corrected chi connectivity index (χ4v) is 3.33. The van der Waals surface area contributed by atoms with Crippen molar-refractivity contribution in [1.82, 2.24) is 0 Å². The molecule has 1 aromatic rings. The van der Waals surface area contributed by atoms with Gasteiger partial charge < -0.3 is 9.47 Å². The van der Waals surface area contributed by atoms with Gasteiger partial charge in [0.15, 0.2) is 11.5 Å². The van der Waals surface area contributed by atoms with E-state index >= 15 is 0 Å². The van der Waals surface area contributed by atoms with E-state index in [4.69, 9.17) is 9.47 Å². The van der Waals surface area contributed by atoms with Crippen molar-refractivity contribution in [2.45, 2.75) is 50.7 Å². The molecule has 1 aromatic carbocycles. The largest absolute Gasteiger partial charge is 0.486 e. The number of ether oxygens (including phenoxy) is 2. The Morgan fingerprint density at radius 3 is 2.55 bits per heavy atom. The average Bonchev–Trinajstić information content (AvgIpc) is 2.95. The van der Waals surface area contributed by atoms with Gasteiger partial charge >= 0.3 is 0 Å². The smallest absolute Gasteiger partial charge is 0.235 e. The molecular weight excluding hydrogens is 285 g/mol. The second kappa shape index (κ2) is 5.40. The molecule has 0 unspecified atom stereocenters. The van der Waals surface area contributed by atoms with E-state index in [1.165, 1.54) is 13.8 Å². The maximum atomic E-state index is 14.5. The van der Waals surface area contributed by atoms with Crippen LogP contribution in [0.3, 0.4) is 0 Å². The molecule has 0 atom stereocenters. The summed E-state index contributed by atoms with van der Waals surface area (Å²) < 4.78 is 25.9. The quantitative estimate of drug-likeness (QED) is 0.631. The van der Waals surface area contributed by atoms with E-state index in [1.54, 1.807) is 18.2 Å². The van der Waals surface area contributed by atoms with E-state index in [-0.39, 0.29) is 0 Å². The van der Waals surface area contributed by atoms with Gasteiger partial charge in [-0.2, -0.15) is 4.99 Å². The normalized spacial score (nSPS) is 19.6. The van der Waals surface area contributed by atoms with Crippen LogP contribution in [0, 0.1) is 0 Å². The van der Waals surface area contributed by atoms with Crippen molar-refractivity contribution in [3.8, 4) is 11.5 Å². The second-order valence-electron chi connectivity index (χ2n) is 6.46. The molecule has 1 heterocycles. The topological polar surface area (TPSA) is 47.9 Å². The first-order valence-electron chi connectivity index (χ1n) is 7.69. The van der Waals surface area contributed by atoms with Crippen LogP contribution in [-0.2, 0) is 16.0 Å². The van der Waals surface area contributed by atoms with Gasteiger partial charge in [0.05, 0.1) is 0 Å². The summed E-state index contributed by atoms with van der Waals surface area (Å²) in [4.78, 5) is 15.0. The predicted octanol–water partition coefficient (Wildman–Crippen LogP) is 3.77. The number of fused-ring (bicyclic) bond motifs is 1. The van der Waals surface area contributed by atoms with Gasteiger partial charge in [-0.1, -0.05) is 12.8 Å². The highest BCUT2D eigenvalue weighted by atomic mass is 19.1. The van der Waals surface area contributed by atoms with Gasteiger partial charge in [0.1, 0.15) is 24.4 Å². The number of isocyanates is 1. The summed E-state index contributed by atoms with van der Waals surface area (Å²) in [6.07, 6.45) is 5.14. The molecule has 0 spiro atoms. The summed E-state index contributed by atoms with van der Waals surface area (Å²) in [5, 5.41) is 0. The van der Waals surface area contributed by atoms with Gasteiger partial charge in [-0.15, -0.1) is 0 Å². The van der Waals surface area contributed by atoms with Gasteiger partial charge in [0, 0.05) is 5.56 Å². The summed E-state index contributed by atoms with van der Waals surface area (Å²) in [5.74, 6) is 1.14. The molecule has 118 valence electrons. The number of alkyl halides is 1. The third-order valence-corrected chi connectivity index (χ3v) is 4.52. The molecule has 2 aliphatic rings. The first-order valence-corrected chi connectivity index (χ1v) is 7.69. The molecule has 1 aliphatic heterocycles. The highest BCUT2D eigenvalue weighted by molar-refractivity contribution is 5.55. The maximum Gasteiger partial charge on any atom is 0.235 e.